The molecule has 1 amide bonds. The van der Waals surface area contributed by atoms with Gasteiger partial charge in [-0.3, -0.25) is 9.48 Å². The van der Waals surface area contributed by atoms with Crippen molar-refractivity contribution < 1.29 is 9.18 Å². The number of halogens is 2. The summed E-state index contributed by atoms with van der Waals surface area (Å²) in [5.74, 6) is -0.702. The summed E-state index contributed by atoms with van der Waals surface area (Å²) in [4.78, 5) is 12.1. The first-order chi connectivity index (χ1) is 11.4. The van der Waals surface area contributed by atoms with Crippen LogP contribution in [0.5, 0.6) is 0 Å². The summed E-state index contributed by atoms with van der Waals surface area (Å²) in [5.41, 5.74) is 3.31. The second-order valence-corrected chi connectivity index (χ2v) is 5.86. The smallest absolute Gasteiger partial charge is 0.224 e. The van der Waals surface area contributed by atoms with Crippen molar-refractivity contribution in [3.8, 4) is 6.07 Å². The molecule has 0 bridgehead atoms. The molecule has 24 heavy (non-hydrogen) atoms. The number of carbonyl (C=O) groups excluding carboxylic acids is 1. The molecule has 1 aromatic heterocycles. The topological polar surface area (TPSA) is 70.7 Å². The van der Waals surface area contributed by atoms with Gasteiger partial charge in [-0.2, -0.15) is 10.4 Å². The Labute approximate surface area is 145 Å². The van der Waals surface area contributed by atoms with Gasteiger partial charge in [0.1, 0.15) is 5.82 Å². The fourth-order valence-electron chi connectivity index (χ4n) is 2.51. The number of anilines is 1. The summed E-state index contributed by atoms with van der Waals surface area (Å²) < 4.78 is 14.9. The number of rotatable bonds is 6. The quantitative estimate of drug-likeness (QED) is 0.863. The molecule has 1 aromatic carbocycles. The number of hydrogen-bond acceptors (Lipinski definition) is 3. The minimum absolute atomic E-state index is 0.0294. The molecule has 5 nitrogen and oxygen atoms in total. The summed E-state index contributed by atoms with van der Waals surface area (Å²) in [5, 5.41) is 15.7. The Hall–Kier alpha value is -2.39. The maximum absolute atomic E-state index is 13.1. The minimum atomic E-state index is -0.523. The van der Waals surface area contributed by atoms with Gasteiger partial charge >= 0.3 is 0 Å². The maximum Gasteiger partial charge on any atom is 0.224 e. The van der Waals surface area contributed by atoms with E-state index >= 15 is 0 Å². The van der Waals surface area contributed by atoms with Crippen LogP contribution in [0.1, 0.15) is 29.8 Å². The number of hydrogen-bond donors (Lipinski definition) is 1. The molecular weight excluding hydrogens is 331 g/mol. The van der Waals surface area contributed by atoms with Crippen LogP contribution in [0.3, 0.4) is 0 Å². The van der Waals surface area contributed by atoms with Crippen LogP contribution < -0.4 is 5.32 Å². The van der Waals surface area contributed by atoms with Crippen LogP contribution in [0.4, 0.5) is 10.1 Å². The Morgan fingerprint density at radius 2 is 2.21 bits per heavy atom. The number of aryl methyl sites for hydroxylation is 2. The van der Waals surface area contributed by atoms with Crippen molar-refractivity contribution in [1.82, 2.24) is 9.78 Å². The lowest BCUT2D eigenvalue weighted by Crippen LogP contribution is -2.13. The van der Waals surface area contributed by atoms with Crippen molar-refractivity contribution in [2.75, 3.05) is 5.32 Å². The Morgan fingerprint density at radius 3 is 2.88 bits per heavy atom. The van der Waals surface area contributed by atoms with Gasteiger partial charge < -0.3 is 5.32 Å². The molecule has 0 saturated heterocycles. The minimum Gasteiger partial charge on any atom is -0.326 e. The van der Waals surface area contributed by atoms with Gasteiger partial charge in [0.2, 0.25) is 5.91 Å². The zero-order valence-electron chi connectivity index (χ0n) is 13.6. The molecule has 0 spiro atoms. The monoisotopic (exact) mass is 348 g/mol. The molecular formula is C17H18ClFN4O. The third-order valence-corrected chi connectivity index (χ3v) is 4.06. The summed E-state index contributed by atoms with van der Waals surface area (Å²) in [6.07, 6.45) is 1.22. The van der Waals surface area contributed by atoms with E-state index in [0.717, 1.165) is 17.0 Å². The number of aromatic nitrogens is 2. The van der Waals surface area contributed by atoms with E-state index in [-0.39, 0.29) is 17.4 Å². The molecule has 0 fully saturated rings. The highest BCUT2D eigenvalue weighted by Crippen LogP contribution is 2.20. The lowest BCUT2D eigenvalue weighted by atomic mass is 10.1. The first-order valence-corrected chi connectivity index (χ1v) is 7.95. The highest BCUT2D eigenvalue weighted by molar-refractivity contribution is 6.31. The normalized spacial score (nSPS) is 10.5. The Bertz CT molecular complexity index is 795. The number of nitrogens with one attached hydrogen (secondary N) is 1. The van der Waals surface area contributed by atoms with E-state index in [1.807, 2.05) is 13.8 Å². The molecule has 0 unspecified atom stereocenters. The van der Waals surface area contributed by atoms with Gasteiger partial charge in [0.25, 0.3) is 0 Å². The van der Waals surface area contributed by atoms with Gasteiger partial charge in [-0.25, -0.2) is 4.39 Å². The van der Waals surface area contributed by atoms with Crippen molar-refractivity contribution in [3.05, 3.63) is 46.0 Å². The molecule has 0 radical (unpaired) electrons. The molecule has 1 N–H and O–H groups in total. The molecule has 0 aliphatic heterocycles. The first-order valence-electron chi connectivity index (χ1n) is 7.57. The lowest BCUT2D eigenvalue weighted by molar-refractivity contribution is -0.116. The Kier molecular flexibility index (Phi) is 5.93. The molecule has 7 heteroatoms. The van der Waals surface area contributed by atoms with Crippen LogP contribution in [-0.2, 0) is 17.8 Å². The van der Waals surface area contributed by atoms with Crippen LogP contribution in [-0.4, -0.2) is 15.7 Å². The number of amides is 1. The van der Waals surface area contributed by atoms with Gasteiger partial charge in [0, 0.05) is 17.8 Å². The molecule has 2 rings (SSSR count). The largest absolute Gasteiger partial charge is 0.326 e. The van der Waals surface area contributed by atoms with E-state index < -0.39 is 5.82 Å². The Morgan fingerprint density at radius 1 is 1.46 bits per heavy atom. The lowest BCUT2D eigenvalue weighted by Gasteiger charge is -2.07. The Balaban J connectivity index is 1.97. The van der Waals surface area contributed by atoms with E-state index in [2.05, 4.69) is 16.5 Å². The summed E-state index contributed by atoms with van der Waals surface area (Å²) in [7, 11) is 0. The molecule has 126 valence electrons. The number of nitriles is 1. The molecule has 0 atom stereocenters. The van der Waals surface area contributed by atoms with Crippen molar-refractivity contribution >= 4 is 23.2 Å². The first kappa shape index (κ1) is 18.0. The predicted octanol–water partition coefficient (Wildman–Crippen LogP) is 3.78. The summed E-state index contributed by atoms with van der Waals surface area (Å²) >= 11 is 5.70. The second kappa shape index (κ2) is 7.93. The van der Waals surface area contributed by atoms with Crippen LogP contribution in [0.25, 0.3) is 0 Å². The van der Waals surface area contributed by atoms with E-state index in [4.69, 9.17) is 16.9 Å². The van der Waals surface area contributed by atoms with Crippen molar-refractivity contribution in [1.29, 1.82) is 5.26 Å². The average molecular weight is 349 g/mol. The van der Waals surface area contributed by atoms with E-state index in [1.54, 1.807) is 4.68 Å². The number of nitrogens with zero attached hydrogens (tertiary/aromatic N) is 3. The van der Waals surface area contributed by atoms with Gasteiger partial charge in [0.15, 0.2) is 0 Å². The van der Waals surface area contributed by atoms with Crippen molar-refractivity contribution in [2.24, 2.45) is 0 Å². The maximum atomic E-state index is 13.1. The van der Waals surface area contributed by atoms with E-state index in [9.17, 15) is 9.18 Å². The van der Waals surface area contributed by atoms with Gasteiger partial charge in [-0.15, -0.1) is 0 Å². The van der Waals surface area contributed by atoms with Crippen LogP contribution >= 0.6 is 11.6 Å². The SMILES string of the molecule is Cc1nn(CCC#N)c(C)c1CCC(=O)Nc1ccc(F)c(Cl)c1. The second-order valence-electron chi connectivity index (χ2n) is 5.46. The molecule has 1 heterocycles. The number of benzene rings is 1. The molecule has 0 aliphatic rings. The third-order valence-electron chi connectivity index (χ3n) is 3.77. The number of carbonyl (C=O) groups is 1. The van der Waals surface area contributed by atoms with Gasteiger partial charge in [-0.05, 0) is 44.0 Å². The fourth-order valence-corrected chi connectivity index (χ4v) is 2.69. The van der Waals surface area contributed by atoms with Gasteiger partial charge in [0.05, 0.1) is 29.8 Å². The zero-order valence-corrected chi connectivity index (χ0v) is 14.3. The van der Waals surface area contributed by atoms with E-state index in [0.29, 0.717) is 25.1 Å². The molecule has 2 aromatic rings. The fraction of sp³-hybridized carbons (Fsp3) is 0.353. The predicted molar refractivity (Wildman–Crippen MR) is 90.3 cm³/mol. The standard InChI is InChI=1S/C17H18ClFN4O/c1-11-14(12(2)23(22-11)9-3-8-20)5-7-17(24)21-13-4-6-16(19)15(18)10-13/h4,6,10H,3,5,7,9H2,1-2H3,(H,21,24). The molecule has 0 aliphatic carbocycles. The van der Waals surface area contributed by atoms with Crippen molar-refractivity contribution in [3.63, 3.8) is 0 Å². The third kappa shape index (κ3) is 4.33. The van der Waals surface area contributed by atoms with Gasteiger partial charge in [-0.1, -0.05) is 11.6 Å². The van der Waals surface area contributed by atoms with Crippen LogP contribution in [0.2, 0.25) is 5.02 Å². The highest BCUT2D eigenvalue weighted by Gasteiger charge is 2.13. The summed E-state index contributed by atoms with van der Waals surface area (Å²) in [6.45, 7) is 4.37. The average Bonchev–Trinajstić information content (AvgIpc) is 2.81. The zero-order chi connectivity index (χ0) is 17.7. The van der Waals surface area contributed by atoms with Crippen LogP contribution in [0, 0.1) is 31.0 Å². The molecule has 0 saturated carbocycles. The van der Waals surface area contributed by atoms with Crippen LogP contribution in [0.15, 0.2) is 18.2 Å². The summed E-state index contributed by atoms with van der Waals surface area (Å²) in [6, 6.07) is 6.16. The van der Waals surface area contributed by atoms with Crippen molar-refractivity contribution in [2.45, 2.75) is 39.7 Å². The van der Waals surface area contributed by atoms with E-state index in [1.165, 1.54) is 18.2 Å². The highest BCUT2D eigenvalue weighted by atomic mass is 35.5.